The van der Waals surface area contributed by atoms with Gasteiger partial charge in [-0.2, -0.15) is 0 Å². The fourth-order valence-corrected chi connectivity index (χ4v) is 4.58. The van der Waals surface area contributed by atoms with E-state index in [0.717, 1.165) is 0 Å². The van der Waals surface area contributed by atoms with Gasteiger partial charge in [-0.3, -0.25) is 4.31 Å². The molecule has 1 unspecified atom stereocenters. The van der Waals surface area contributed by atoms with E-state index in [9.17, 15) is 13.0 Å². The number of aliphatic imine (C=N–C) groups is 1. The summed E-state index contributed by atoms with van der Waals surface area (Å²) in [6.45, 7) is 0.623. The van der Waals surface area contributed by atoms with Crippen LogP contribution in [0.1, 0.15) is 12.6 Å². The zero-order chi connectivity index (χ0) is 16.5. The Labute approximate surface area is 136 Å². The average molecular weight is 396 g/mol. The van der Waals surface area contributed by atoms with Gasteiger partial charge in [-0.15, -0.1) is 0 Å². The number of pyridine rings is 1. The maximum atomic E-state index is 14.1. The minimum Gasteiger partial charge on any atom is -0.369 e. The standard InChI is InChI=1S/C12H16BrF2N5OS/c1-12(10-8(15)3-4-9(13)18-10)7-22(21,17-6-5-14)20(2)11(16)19-12/h3-4H,5-7H2,1-2H3,(H2,16,19)/t12-,22?/m0/s1. The van der Waals surface area contributed by atoms with Crippen molar-refractivity contribution in [2.24, 2.45) is 15.1 Å². The Morgan fingerprint density at radius 1 is 1.59 bits per heavy atom. The molecule has 6 nitrogen and oxygen atoms in total. The summed E-state index contributed by atoms with van der Waals surface area (Å²) >= 11 is 3.17. The molecule has 1 aliphatic heterocycles. The number of nitrogens with two attached hydrogens (primary N) is 1. The molecule has 10 heteroatoms. The Morgan fingerprint density at radius 2 is 2.27 bits per heavy atom. The molecule has 0 spiro atoms. The summed E-state index contributed by atoms with van der Waals surface area (Å²) in [5.74, 6) is -0.765. The van der Waals surface area contributed by atoms with Gasteiger partial charge in [0, 0.05) is 7.05 Å². The SMILES string of the molecule is CN1C(N)=N[C@](C)(c2nc(Br)ccc2F)CS1(=O)=NCCF. The molecular weight excluding hydrogens is 380 g/mol. The zero-order valence-electron chi connectivity index (χ0n) is 12.1. The van der Waals surface area contributed by atoms with Gasteiger partial charge >= 0.3 is 0 Å². The van der Waals surface area contributed by atoms with Crippen molar-refractivity contribution < 1.29 is 13.0 Å². The first kappa shape index (κ1) is 17.1. The molecule has 0 saturated carbocycles. The van der Waals surface area contributed by atoms with Gasteiger partial charge in [0.2, 0.25) is 5.96 Å². The van der Waals surface area contributed by atoms with Crippen LogP contribution in [0.5, 0.6) is 0 Å². The minimum absolute atomic E-state index is 0.0149. The number of hydrogen-bond donors (Lipinski definition) is 1. The fourth-order valence-electron chi connectivity index (χ4n) is 2.19. The van der Waals surface area contributed by atoms with Crippen molar-refractivity contribution in [2.75, 3.05) is 26.0 Å². The molecule has 0 fully saturated rings. The molecule has 0 radical (unpaired) electrons. The third-order valence-corrected chi connectivity index (χ3v) is 6.29. The van der Waals surface area contributed by atoms with Crippen LogP contribution in [0.4, 0.5) is 8.78 Å². The largest absolute Gasteiger partial charge is 0.369 e. The summed E-state index contributed by atoms with van der Waals surface area (Å²) < 4.78 is 45.0. The molecule has 2 rings (SSSR count). The maximum absolute atomic E-state index is 14.1. The van der Waals surface area contributed by atoms with E-state index in [0.29, 0.717) is 4.60 Å². The van der Waals surface area contributed by atoms with Crippen molar-refractivity contribution in [1.29, 1.82) is 0 Å². The van der Waals surface area contributed by atoms with Gasteiger partial charge in [-0.1, -0.05) is 0 Å². The first-order valence-corrected chi connectivity index (χ1v) is 8.83. The van der Waals surface area contributed by atoms with Crippen molar-refractivity contribution >= 4 is 31.8 Å². The Bertz CT molecular complexity index is 734. The lowest BCUT2D eigenvalue weighted by atomic mass is 10.00. The quantitative estimate of drug-likeness (QED) is 0.791. The van der Waals surface area contributed by atoms with E-state index in [2.05, 4.69) is 30.3 Å². The lowest BCUT2D eigenvalue weighted by Gasteiger charge is -2.36. The average Bonchev–Trinajstić information content (AvgIpc) is 2.45. The summed E-state index contributed by atoms with van der Waals surface area (Å²) in [7, 11) is -1.56. The minimum atomic E-state index is -3.03. The number of guanidine groups is 1. The maximum Gasteiger partial charge on any atom is 0.204 e. The number of halogens is 3. The third-order valence-electron chi connectivity index (χ3n) is 3.28. The summed E-state index contributed by atoms with van der Waals surface area (Å²) in [4.78, 5) is 8.33. The highest BCUT2D eigenvalue weighted by Gasteiger charge is 2.41. The number of alkyl halides is 1. The number of aromatic nitrogens is 1. The summed E-state index contributed by atoms with van der Waals surface area (Å²) in [6.07, 6.45) is 0. The molecule has 1 aromatic heterocycles. The number of hydrogen-bond acceptors (Lipinski definition) is 5. The van der Waals surface area contributed by atoms with Crippen LogP contribution in [0.3, 0.4) is 0 Å². The van der Waals surface area contributed by atoms with Gasteiger partial charge in [0.25, 0.3) is 0 Å². The second kappa shape index (κ2) is 6.07. The van der Waals surface area contributed by atoms with E-state index in [1.807, 2.05) is 0 Å². The Hall–Kier alpha value is -1.29. The lowest BCUT2D eigenvalue weighted by Crippen LogP contribution is -2.50. The fraction of sp³-hybridized carbons (Fsp3) is 0.500. The van der Waals surface area contributed by atoms with Gasteiger partial charge in [-0.05, 0) is 35.0 Å². The van der Waals surface area contributed by atoms with Crippen molar-refractivity contribution in [3.05, 3.63) is 28.2 Å². The first-order chi connectivity index (χ1) is 10.2. The first-order valence-electron chi connectivity index (χ1n) is 6.40. The summed E-state index contributed by atoms with van der Waals surface area (Å²) in [6, 6.07) is 2.69. The van der Waals surface area contributed by atoms with Gasteiger partial charge in [0.05, 0.1) is 12.3 Å². The monoisotopic (exact) mass is 395 g/mol. The molecule has 1 aliphatic rings. The molecule has 0 aromatic carbocycles. The highest BCUT2D eigenvalue weighted by molar-refractivity contribution is 9.10. The molecule has 22 heavy (non-hydrogen) atoms. The summed E-state index contributed by atoms with van der Waals surface area (Å²) in [5, 5.41) is 0. The zero-order valence-corrected chi connectivity index (χ0v) is 14.5. The summed E-state index contributed by atoms with van der Waals surface area (Å²) in [5.41, 5.74) is 4.57. The molecule has 1 aromatic rings. The van der Waals surface area contributed by atoms with E-state index in [-0.39, 0.29) is 24.0 Å². The van der Waals surface area contributed by atoms with Crippen LogP contribution in [-0.2, 0) is 15.5 Å². The van der Waals surface area contributed by atoms with Crippen molar-refractivity contribution in [2.45, 2.75) is 12.5 Å². The van der Waals surface area contributed by atoms with Crippen molar-refractivity contribution in [3.8, 4) is 0 Å². The highest BCUT2D eigenvalue weighted by atomic mass is 79.9. The molecular formula is C12H16BrF2N5OS. The second-order valence-corrected chi connectivity index (χ2v) is 8.12. The normalized spacial score (nSPS) is 28.4. The predicted molar refractivity (Wildman–Crippen MR) is 84.9 cm³/mol. The van der Waals surface area contributed by atoms with Crippen LogP contribution in [-0.4, -0.2) is 45.5 Å². The molecule has 0 aliphatic carbocycles. The smallest absolute Gasteiger partial charge is 0.204 e. The Kier molecular flexibility index (Phi) is 4.71. The van der Waals surface area contributed by atoms with E-state index < -0.39 is 27.9 Å². The van der Waals surface area contributed by atoms with Crippen LogP contribution < -0.4 is 5.73 Å². The molecule has 0 saturated heterocycles. The highest BCUT2D eigenvalue weighted by Crippen LogP contribution is 2.33. The van der Waals surface area contributed by atoms with Gasteiger partial charge in [0.15, 0.2) is 0 Å². The van der Waals surface area contributed by atoms with Crippen molar-refractivity contribution in [3.63, 3.8) is 0 Å². The second-order valence-electron chi connectivity index (χ2n) is 5.00. The van der Waals surface area contributed by atoms with Crippen LogP contribution in [0.15, 0.2) is 26.1 Å². The molecule has 2 N–H and O–H groups in total. The van der Waals surface area contributed by atoms with E-state index in [4.69, 9.17) is 5.73 Å². The van der Waals surface area contributed by atoms with Crippen LogP contribution in [0.25, 0.3) is 0 Å². The van der Waals surface area contributed by atoms with Crippen molar-refractivity contribution in [1.82, 2.24) is 9.29 Å². The topological polar surface area (TPSA) is 83.9 Å². The molecule has 122 valence electrons. The van der Waals surface area contributed by atoms with Crippen LogP contribution in [0, 0.1) is 5.82 Å². The Morgan fingerprint density at radius 3 is 2.91 bits per heavy atom. The molecule has 0 bridgehead atoms. The van der Waals surface area contributed by atoms with Crippen LogP contribution >= 0.6 is 15.9 Å². The van der Waals surface area contributed by atoms with Crippen LogP contribution in [0.2, 0.25) is 0 Å². The van der Waals surface area contributed by atoms with Gasteiger partial charge in [-0.25, -0.2) is 27.3 Å². The lowest BCUT2D eigenvalue weighted by molar-refractivity contribution is 0.459. The van der Waals surface area contributed by atoms with Gasteiger partial charge < -0.3 is 5.73 Å². The number of rotatable bonds is 3. The molecule has 2 atom stereocenters. The molecule has 2 heterocycles. The Balaban J connectivity index is 2.60. The number of nitrogens with zero attached hydrogens (tertiary/aromatic N) is 4. The predicted octanol–water partition coefficient (Wildman–Crippen LogP) is 1.81. The van der Waals surface area contributed by atoms with Gasteiger partial charge in [0.1, 0.15) is 38.2 Å². The molecule has 0 amide bonds. The van der Waals surface area contributed by atoms with E-state index >= 15 is 0 Å². The van der Waals surface area contributed by atoms with E-state index in [1.165, 1.54) is 23.5 Å². The third kappa shape index (κ3) is 3.07. The van der Waals surface area contributed by atoms with E-state index in [1.54, 1.807) is 6.92 Å².